The van der Waals surface area contributed by atoms with Crippen LogP contribution in [0, 0.1) is 5.92 Å². The zero-order valence-electron chi connectivity index (χ0n) is 11.7. The quantitative estimate of drug-likeness (QED) is 0.760. The lowest BCUT2D eigenvalue weighted by molar-refractivity contribution is 0.262. The molecule has 0 aromatic carbocycles. The van der Waals surface area contributed by atoms with Crippen molar-refractivity contribution in [3.63, 3.8) is 0 Å². The van der Waals surface area contributed by atoms with Crippen molar-refractivity contribution < 1.29 is 0 Å². The fourth-order valence-corrected chi connectivity index (χ4v) is 3.56. The Hall–Kier alpha value is -0.380. The normalized spacial score (nSPS) is 18.6. The molecule has 0 saturated heterocycles. The lowest BCUT2D eigenvalue weighted by atomic mass is 10.1. The average Bonchev–Trinajstić information content (AvgIpc) is 3.05. The molecule has 18 heavy (non-hydrogen) atoms. The predicted octanol–water partition coefficient (Wildman–Crippen LogP) is 3.52. The molecule has 2 nitrogen and oxygen atoms in total. The molecule has 1 aliphatic rings. The van der Waals surface area contributed by atoms with Gasteiger partial charge in [0.15, 0.2) is 0 Å². The molecule has 0 aliphatic heterocycles. The van der Waals surface area contributed by atoms with Crippen LogP contribution in [-0.4, -0.2) is 31.6 Å². The molecule has 3 heteroatoms. The van der Waals surface area contributed by atoms with E-state index in [1.54, 1.807) is 0 Å². The van der Waals surface area contributed by atoms with Gasteiger partial charge in [-0.3, -0.25) is 4.90 Å². The van der Waals surface area contributed by atoms with Gasteiger partial charge in [0.25, 0.3) is 0 Å². The van der Waals surface area contributed by atoms with E-state index in [0.717, 1.165) is 19.0 Å². The van der Waals surface area contributed by atoms with Gasteiger partial charge in [-0.1, -0.05) is 18.9 Å². The number of nitrogens with one attached hydrogen (secondary N) is 1. The first-order valence-electron chi connectivity index (χ1n) is 7.21. The van der Waals surface area contributed by atoms with Crippen LogP contribution in [0.1, 0.15) is 43.5 Å². The third-order valence-electron chi connectivity index (χ3n) is 4.17. The van der Waals surface area contributed by atoms with Crippen molar-refractivity contribution in [1.82, 2.24) is 10.2 Å². The Labute approximate surface area is 115 Å². The van der Waals surface area contributed by atoms with E-state index in [1.807, 2.05) is 11.3 Å². The lowest BCUT2D eigenvalue weighted by Gasteiger charge is -2.24. The van der Waals surface area contributed by atoms with Gasteiger partial charge in [-0.15, -0.1) is 11.3 Å². The summed E-state index contributed by atoms with van der Waals surface area (Å²) in [7, 11) is 2.22. The van der Waals surface area contributed by atoms with Gasteiger partial charge in [-0.25, -0.2) is 0 Å². The second kappa shape index (κ2) is 7.27. The summed E-state index contributed by atoms with van der Waals surface area (Å²) in [5.41, 5.74) is 0. The summed E-state index contributed by atoms with van der Waals surface area (Å²) in [5.74, 6) is 0.949. The minimum Gasteiger partial charge on any atom is -0.315 e. The molecule has 0 spiro atoms. The predicted molar refractivity (Wildman–Crippen MR) is 80.2 cm³/mol. The summed E-state index contributed by atoms with van der Waals surface area (Å²) in [6.45, 7) is 5.76. The molecule has 102 valence electrons. The van der Waals surface area contributed by atoms with E-state index in [2.05, 4.69) is 41.7 Å². The van der Waals surface area contributed by atoms with Gasteiger partial charge in [0.2, 0.25) is 0 Å². The minimum atomic E-state index is 0.540. The molecule has 0 amide bonds. The Kier molecular flexibility index (Phi) is 5.67. The van der Waals surface area contributed by atoms with E-state index in [1.165, 1.54) is 37.1 Å². The first-order chi connectivity index (χ1) is 8.77. The van der Waals surface area contributed by atoms with Gasteiger partial charge in [0.05, 0.1) is 0 Å². The standard InChI is InChI=1S/C15H26N2S/c1-13(15-8-5-11-18-15)17(2)10-9-16-12-14-6-3-4-7-14/h5,8,11,13-14,16H,3-4,6-7,9-10,12H2,1-2H3. The zero-order chi connectivity index (χ0) is 12.8. The molecule has 1 aromatic rings. The lowest BCUT2D eigenvalue weighted by Crippen LogP contribution is -2.32. The summed E-state index contributed by atoms with van der Waals surface area (Å²) >= 11 is 1.86. The fraction of sp³-hybridized carbons (Fsp3) is 0.733. The van der Waals surface area contributed by atoms with Crippen molar-refractivity contribution in [2.75, 3.05) is 26.7 Å². The average molecular weight is 266 g/mol. The molecule has 1 fully saturated rings. The number of rotatable bonds is 7. The SMILES string of the molecule is CC(c1cccs1)N(C)CCNCC1CCCC1. The molecular weight excluding hydrogens is 240 g/mol. The van der Waals surface area contributed by atoms with Crippen molar-refractivity contribution in [1.29, 1.82) is 0 Å². The molecule has 0 radical (unpaired) electrons. The van der Waals surface area contributed by atoms with Crippen molar-refractivity contribution in [2.24, 2.45) is 5.92 Å². The second-order valence-corrected chi connectivity index (χ2v) is 6.51. The summed E-state index contributed by atoms with van der Waals surface area (Å²) in [6.07, 6.45) is 5.77. The van der Waals surface area contributed by atoms with E-state index in [4.69, 9.17) is 0 Å². The van der Waals surface area contributed by atoms with Crippen LogP contribution in [0.2, 0.25) is 0 Å². The first kappa shape index (κ1) is 14.0. The van der Waals surface area contributed by atoms with Gasteiger partial charge in [0, 0.05) is 24.0 Å². The molecule has 1 heterocycles. The highest BCUT2D eigenvalue weighted by Crippen LogP contribution is 2.24. The molecule has 1 saturated carbocycles. The van der Waals surface area contributed by atoms with E-state index in [-0.39, 0.29) is 0 Å². The second-order valence-electron chi connectivity index (χ2n) is 5.53. The Balaban J connectivity index is 1.60. The monoisotopic (exact) mass is 266 g/mol. The topological polar surface area (TPSA) is 15.3 Å². The Morgan fingerprint density at radius 2 is 2.22 bits per heavy atom. The van der Waals surface area contributed by atoms with Crippen molar-refractivity contribution in [3.05, 3.63) is 22.4 Å². The van der Waals surface area contributed by atoms with Crippen LogP contribution in [0.4, 0.5) is 0 Å². The molecule has 1 aliphatic carbocycles. The van der Waals surface area contributed by atoms with Crippen LogP contribution in [0.25, 0.3) is 0 Å². The van der Waals surface area contributed by atoms with Gasteiger partial charge < -0.3 is 5.32 Å². The van der Waals surface area contributed by atoms with Crippen LogP contribution >= 0.6 is 11.3 Å². The van der Waals surface area contributed by atoms with E-state index in [0.29, 0.717) is 6.04 Å². The first-order valence-corrected chi connectivity index (χ1v) is 8.09. The summed E-state index contributed by atoms with van der Waals surface area (Å²) in [6, 6.07) is 4.92. The third kappa shape index (κ3) is 4.08. The van der Waals surface area contributed by atoms with Crippen molar-refractivity contribution in [3.8, 4) is 0 Å². The summed E-state index contributed by atoms with van der Waals surface area (Å²) in [4.78, 5) is 3.90. The van der Waals surface area contributed by atoms with Gasteiger partial charge in [0.1, 0.15) is 0 Å². The molecule has 1 aromatic heterocycles. The highest BCUT2D eigenvalue weighted by molar-refractivity contribution is 7.10. The molecule has 1 N–H and O–H groups in total. The molecule has 2 rings (SSSR count). The van der Waals surface area contributed by atoms with Crippen molar-refractivity contribution in [2.45, 2.75) is 38.6 Å². The van der Waals surface area contributed by atoms with Gasteiger partial charge in [-0.05, 0) is 50.7 Å². The summed E-state index contributed by atoms with van der Waals surface area (Å²) < 4.78 is 0. The number of nitrogens with zero attached hydrogens (tertiary/aromatic N) is 1. The minimum absolute atomic E-state index is 0.540. The molecule has 1 unspecified atom stereocenters. The maximum atomic E-state index is 3.62. The smallest absolute Gasteiger partial charge is 0.0410 e. The number of hydrogen-bond donors (Lipinski definition) is 1. The van der Waals surface area contributed by atoms with E-state index >= 15 is 0 Å². The van der Waals surface area contributed by atoms with Gasteiger partial charge in [-0.2, -0.15) is 0 Å². The number of hydrogen-bond acceptors (Lipinski definition) is 3. The maximum Gasteiger partial charge on any atom is 0.0410 e. The van der Waals surface area contributed by atoms with Crippen LogP contribution in [0.5, 0.6) is 0 Å². The molecule has 0 bridgehead atoms. The van der Waals surface area contributed by atoms with E-state index < -0.39 is 0 Å². The van der Waals surface area contributed by atoms with Gasteiger partial charge >= 0.3 is 0 Å². The fourth-order valence-electron chi connectivity index (χ4n) is 2.72. The van der Waals surface area contributed by atoms with Crippen LogP contribution < -0.4 is 5.32 Å². The van der Waals surface area contributed by atoms with Crippen LogP contribution in [0.15, 0.2) is 17.5 Å². The van der Waals surface area contributed by atoms with Crippen LogP contribution in [0.3, 0.4) is 0 Å². The zero-order valence-corrected chi connectivity index (χ0v) is 12.5. The largest absolute Gasteiger partial charge is 0.315 e. The highest BCUT2D eigenvalue weighted by Gasteiger charge is 2.15. The molecule has 1 atom stereocenters. The maximum absolute atomic E-state index is 3.62. The number of likely N-dealkylation sites (N-methyl/N-ethyl adjacent to an activating group) is 1. The Morgan fingerprint density at radius 1 is 1.44 bits per heavy atom. The van der Waals surface area contributed by atoms with Crippen LogP contribution in [-0.2, 0) is 0 Å². The van der Waals surface area contributed by atoms with Crippen molar-refractivity contribution >= 4 is 11.3 Å². The summed E-state index contributed by atoms with van der Waals surface area (Å²) in [5, 5.41) is 5.78. The third-order valence-corrected chi connectivity index (χ3v) is 5.21. The Bertz CT molecular complexity index is 317. The molecular formula is C15H26N2S. The number of thiophene rings is 1. The highest BCUT2D eigenvalue weighted by atomic mass is 32.1. The van der Waals surface area contributed by atoms with E-state index in [9.17, 15) is 0 Å². The Morgan fingerprint density at radius 3 is 2.89 bits per heavy atom.